The van der Waals surface area contributed by atoms with Crippen molar-refractivity contribution in [3.8, 4) is 0 Å². The van der Waals surface area contributed by atoms with E-state index in [0.29, 0.717) is 23.5 Å². The lowest BCUT2D eigenvalue weighted by Gasteiger charge is -2.25. The van der Waals surface area contributed by atoms with Gasteiger partial charge in [0.1, 0.15) is 6.54 Å². The number of carbonyl (C=O) groups is 2. The number of hydrogen-bond acceptors (Lipinski definition) is 2. The van der Waals surface area contributed by atoms with Crippen LogP contribution in [0.25, 0.3) is 10.9 Å². The molecule has 1 amide bonds. The molecule has 0 fully saturated rings. The molecule has 2 aromatic rings. The van der Waals surface area contributed by atoms with E-state index in [4.69, 9.17) is 21.8 Å². The van der Waals surface area contributed by atoms with Crippen molar-refractivity contribution in [2.75, 3.05) is 6.54 Å². The second kappa shape index (κ2) is 4.96. The summed E-state index contributed by atoms with van der Waals surface area (Å²) in [4.78, 5) is 23.6. The van der Waals surface area contributed by atoms with E-state index >= 15 is 0 Å². The molecule has 3 rings (SSSR count). The number of amides is 1. The maximum atomic E-state index is 11.2. The third kappa shape index (κ3) is 2.21. The van der Waals surface area contributed by atoms with Crippen molar-refractivity contribution in [3.63, 3.8) is 0 Å². The highest BCUT2D eigenvalue weighted by Gasteiger charge is 2.27. The lowest BCUT2D eigenvalue weighted by molar-refractivity contribution is -0.137. The van der Waals surface area contributed by atoms with Crippen LogP contribution < -0.4 is 0 Å². The Kier molecular flexibility index (Phi) is 3.25. The van der Waals surface area contributed by atoms with Gasteiger partial charge in [-0.3, -0.25) is 4.79 Å². The summed E-state index contributed by atoms with van der Waals surface area (Å²) in [6.07, 6.45) is -0.485. The number of aliphatic carboxylic acids is 1. The van der Waals surface area contributed by atoms with Crippen LogP contribution in [0.15, 0.2) is 18.2 Å². The van der Waals surface area contributed by atoms with E-state index in [0.717, 1.165) is 16.6 Å². The molecule has 6 nitrogen and oxygen atoms in total. The molecule has 2 N–H and O–H groups in total. The first-order valence-electron chi connectivity index (χ1n) is 6.47. The van der Waals surface area contributed by atoms with E-state index < -0.39 is 12.1 Å². The van der Waals surface area contributed by atoms with Crippen molar-refractivity contribution in [2.45, 2.75) is 19.5 Å². The Morgan fingerprint density at radius 3 is 2.71 bits per heavy atom. The van der Waals surface area contributed by atoms with Crippen molar-refractivity contribution < 1.29 is 19.8 Å². The fourth-order valence-electron chi connectivity index (χ4n) is 2.93. The number of rotatable bonds is 2. The fraction of sp³-hybridized carbons (Fsp3) is 0.286. The number of carboxylic acid groups (broad SMARTS) is 2. The van der Waals surface area contributed by atoms with Crippen LogP contribution in [0.2, 0.25) is 5.02 Å². The maximum Gasteiger partial charge on any atom is 0.407 e. The molecule has 0 unspecified atom stereocenters. The predicted octanol–water partition coefficient (Wildman–Crippen LogP) is 2.42. The first kappa shape index (κ1) is 13.8. The lowest BCUT2D eigenvalue weighted by atomic mass is 10.0. The van der Waals surface area contributed by atoms with Gasteiger partial charge in [0.25, 0.3) is 0 Å². The summed E-state index contributed by atoms with van der Waals surface area (Å²) < 4.78 is 1.69. The molecule has 0 spiro atoms. The maximum absolute atomic E-state index is 11.2. The van der Waals surface area contributed by atoms with Gasteiger partial charge in [-0.05, 0) is 6.07 Å². The molecule has 1 aliphatic heterocycles. The summed E-state index contributed by atoms with van der Waals surface area (Å²) in [6, 6.07) is 5.35. The second-order valence-electron chi connectivity index (χ2n) is 5.00. The van der Waals surface area contributed by atoms with Crippen LogP contribution >= 0.6 is 11.6 Å². The average molecular weight is 309 g/mol. The minimum Gasteiger partial charge on any atom is -0.480 e. The zero-order valence-corrected chi connectivity index (χ0v) is 11.8. The molecule has 0 saturated carbocycles. The van der Waals surface area contributed by atoms with Gasteiger partial charge in [-0.2, -0.15) is 0 Å². The fourth-order valence-corrected chi connectivity index (χ4v) is 3.21. The Morgan fingerprint density at radius 2 is 2.05 bits per heavy atom. The number of aromatic nitrogens is 1. The van der Waals surface area contributed by atoms with Crippen LogP contribution in [0.3, 0.4) is 0 Å². The van der Waals surface area contributed by atoms with Crippen molar-refractivity contribution >= 4 is 34.6 Å². The predicted molar refractivity (Wildman–Crippen MR) is 76.7 cm³/mol. The number of carboxylic acids is 1. The summed E-state index contributed by atoms with van der Waals surface area (Å²) in [7, 11) is 0. The van der Waals surface area contributed by atoms with Gasteiger partial charge >= 0.3 is 12.1 Å². The zero-order chi connectivity index (χ0) is 15.1. The van der Waals surface area contributed by atoms with Gasteiger partial charge in [-0.25, -0.2) is 4.79 Å². The lowest BCUT2D eigenvalue weighted by Crippen LogP contribution is -2.35. The van der Waals surface area contributed by atoms with Crippen LogP contribution in [0.5, 0.6) is 0 Å². The number of para-hydroxylation sites is 1. The number of nitrogens with zero attached hydrogens (tertiary/aromatic N) is 2. The number of benzene rings is 1. The Bertz CT molecular complexity index is 753. The summed E-state index contributed by atoms with van der Waals surface area (Å²) >= 11 is 6.22. The van der Waals surface area contributed by atoms with Crippen LogP contribution in [0.1, 0.15) is 11.3 Å². The monoisotopic (exact) mass is 308 g/mol. The van der Waals surface area contributed by atoms with Gasteiger partial charge in [-0.15, -0.1) is 0 Å². The van der Waals surface area contributed by atoms with Gasteiger partial charge in [0.15, 0.2) is 0 Å². The highest BCUT2D eigenvalue weighted by atomic mass is 35.5. The first-order valence-corrected chi connectivity index (χ1v) is 6.85. The Balaban J connectivity index is 2.23. The average Bonchev–Trinajstić information content (AvgIpc) is 2.73. The molecule has 2 heterocycles. The topological polar surface area (TPSA) is 82.8 Å². The summed E-state index contributed by atoms with van der Waals surface area (Å²) in [5, 5.41) is 19.6. The molecule has 1 aliphatic rings. The Morgan fingerprint density at radius 1 is 1.29 bits per heavy atom. The quantitative estimate of drug-likeness (QED) is 0.892. The highest BCUT2D eigenvalue weighted by molar-refractivity contribution is 6.35. The standard InChI is InChI=1S/C14H13ClN2O4/c15-10-3-1-2-8-9-6-16(14(20)21)5-4-11(9)17(13(8)10)7-12(18)19/h1-3H,4-7H2,(H,18,19)(H,20,21). The van der Waals surface area contributed by atoms with E-state index in [1.54, 1.807) is 16.7 Å². The van der Waals surface area contributed by atoms with Crippen molar-refractivity contribution in [2.24, 2.45) is 0 Å². The molecule has 0 saturated heterocycles. The van der Waals surface area contributed by atoms with Crippen molar-refractivity contribution in [1.29, 1.82) is 0 Å². The van der Waals surface area contributed by atoms with E-state index in [1.165, 1.54) is 4.90 Å². The minimum atomic E-state index is -0.971. The van der Waals surface area contributed by atoms with Gasteiger partial charge in [0, 0.05) is 29.6 Å². The first-order chi connectivity index (χ1) is 9.99. The van der Waals surface area contributed by atoms with E-state index in [2.05, 4.69) is 0 Å². The van der Waals surface area contributed by atoms with Gasteiger partial charge < -0.3 is 19.7 Å². The van der Waals surface area contributed by atoms with Gasteiger partial charge in [0.05, 0.1) is 17.1 Å². The summed E-state index contributed by atoms with van der Waals surface area (Å²) in [5.74, 6) is -0.949. The van der Waals surface area contributed by atoms with Gasteiger partial charge in [-0.1, -0.05) is 23.7 Å². The third-order valence-corrected chi connectivity index (χ3v) is 4.09. The second-order valence-corrected chi connectivity index (χ2v) is 5.40. The van der Waals surface area contributed by atoms with Crippen molar-refractivity contribution in [1.82, 2.24) is 9.47 Å². The molecule has 1 aromatic carbocycles. The smallest absolute Gasteiger partial charge is 0.407 e. The molecular weight excluding hydrogens is 296 g/mol. The molecule has 1 aromatic heterocycles. The molecular formula is C14H13ClN2O4. The Hall–Kier alpha value is -2.21. The molecule has 0 aliphatic carbocycles. The molecule has 0 radical (unpaired) electrons. The number of halogens is 1. The zero-order valence-electron chi connectivity index (χ0n) is 11.0. The number of fused-ring (bicyclic) bond motifs is 3. The van der Waals surface area contributed by atoms with Gasteiger partial charge in [0.2, 0.25) is 0 Å². The van der Waals surface area contributed by atoms with E-state index in [9.17, 15) is 9.59 Å². The summed E-state index contributed by atoms with van der Waals surface area (Å²) in [6.45, 7) is 0.437. The molecule has 0 atom stereocenters. The third-order valence-electron chi connectivity index (χ3n) is 3.79. The van der Waals surface area contributed by atoms with Crippen molar-refractivity contribution in [3.05, 3.63) is 34.5 Å². The largest absolute Gasteiger partial charge is 0.480 e. The van der Waals surface area contributed by atoms with E-state index in [1.807, 2.05) is 6.07 Å². The van der Waals surface area contributed by atoms with Crippen LogP contribution in [0.4, 0.5) is 4.79 Å². The summed E-state index contributed by atoms with van der Waals surface area (Å²) in [5.41, 5.74) is 2.37. The highest BCUT2D eigenvalue weighted by Crippen LogP contribution is 2.34. The van der Waals surface area contributed by atoms with Crippen LogP contribution in [-0.2, 0) is 24.3 Å². The normalized spacial score (nSPS) is 14.2. The van der Waals surface area contributed by atoms with Crippen LogP contribution in [0, 0.1) is 0 Å². The molecule has 0 bridgehead atoms. The van der Waals surface area contributed by atoms with E-state index in [-0.39, 0.29) is 13.1 Å². The Labute approximate surface area is 125 Å². The minimum absolute atomic E-state index is 0.178. The molecule has 21 heavy (non-hydrogen) atoms. The SMILES string of the molecule is O=C(O)Cn1c2c(c3cccc(Cl)c31)CN(C(=O)O)CC2. The molecule has 7 heteroatoms. The number of hydrogen-bond donors (Lipinski definition) is 2. The van der Waals surface area contributed by atoms with Crippen LogP contribution in [-0.4, -0.2) is 38.3 Å². The molecule has 110 valence electrons.